The molecule has 1 atom stereocenters. The zero-order chi connectivity index (χ0) is 31.0. The zero-order valence-electron chi connectivity index (χ0n) is 25.8. The third-order valence-corrected chi connectivity index (χ3v) is 9.76. The van der Waals surface area contributed by atoms with Crippen LogP contribution in [-0.4, -0.2) is 17.3 Å². The van der Waals surface area contributed by atoms with Crippen molar-refractivity contribution in [2.75, 3.05) is 0 Å². The lowest BCUT2D eigenvalue weighted by atomic mass is 9.65. The minimum Gasteiger partial charge on any atom is -0.478 e. The first-order valence-electron chi connectivity index (χ1n) is 16.1. The summed E-state index contributed by atoms with van der Waals surface area (Å²) in [6.45, 7) is 8.11. The smallest absolute Gasteiger partial charge is 0.391 e. The third kappa shape index (κ3) is 9.47. The second kappa shape index (κ2) is 15.1. The summed E-state index contributed by atoms with van der Waals surface area (Å²) in [5, 5.41) is 9.63. The zero-order valence-corrected chi connectivity index (χ0v) is 25.8. The van der Waals surface area contributed by atoms with Crippen LogP contribution in [-0.2, 0) is 4.79 Å². The van der Waals surface area contributed by atoms with Gasteiger partial charge in [0.05, 0.1) is 11.5 Å². The predicted octanol–water partition coefficient (Wildman–Crippen LogP) is 10.9. The molecule has 4 aliphatic rings. The van der Waals surface area contributed by atoms with E-state index in [0.29, 0.717) is 49.0 Å². The molecule has 2 fully saturated rings. The highest BCUT2D eigenvalue weighted by Crippen LogP contribution is 2.47. The van der Waals surface area contributed by atoms with E-state index in [1.54, 1.807) is 12.2 Å². The van der Waals surface area contributed by atoms with Gasteiger partial charge in [0.15, 0.2) is 0 Å². The molecule has 0 bridgehead atoms. The Labute approximate surface area is 255 Å². The van der Waals surface area contributed by atoms with Gasteiger partial charge in [-0.3, -0.25) is 0 Å². The number of rotatable bonds is 10. The van der Waals surface area contributed by atoms with Crippen molar-refractivity contribution in [3.63, 3.8) is 0 Å². The number of carboxylic acid groups (broad SMARTS) is 1. The van der Waals surface area contributed by atoms with E-state index >= 15 is 0 Å². The Hall–Kier alpha value is -3.04. The van der Waals surface area contributed by atoms with E-state index < -0.39 is 18.1 Å². The van der Waals surface area contributed by atoms with Gasteiger partial charge in [-0.1, -0.05) is 54.7 Å². The Morgan fingerprint density at radius 1 is 1.12 bits per heavy atom. The number of allylic oxidation sites excluding steroid dienone is 12. The van der Waals surface area contributed by atoms with Gasteiger partial charge < -0.3 is 5.11 Å². The van der Waals surface area contributed by atoms with Crippen molar-refractivity contribution in [1.29, 1.82) is 0 Å². The third-order valence-electron chi connectivity index (χ3n) is 9.76. The highest BCUT2D eigenvalue weighted by Gasteiger charge is 2.42. The lowest BCUT2D eigenvalue weighted by Crippen LogP contribution is -2.31. The van der Waals surface area contributed by atoms with Crippen LogP contribution >= 0.6 is 0 Å². The molecule has 1 unspecified atom stereocenters. The number of aliphatic carboxylic acids is 1. The molecular formula is C38H47F3O2. The number of hydrogen-bond acceptors (Lipinski definition) is 1. The van der Waals surface area contributed by atoms with Crippen LogP contribution in [0.25, 0.3) is 0 Å². The number of halogens is 3. The maximum atomic E-state index is 13.1. The summed E-state index contributed by atoms with van der Waals surface area (Å²) in [5.74, 6) is -0.300. The maximum absolute atomic E-state index is 13.1. The number of carbonyl (C=O) groups is 1. The van der Waals surface area contributed by atoms with Gasteiger partial charge in [0, 0.05) is 0 Å². The Kier molecular flexibility index (Phi) is 11.5. The van der Waals surface area contributed by atoms with E-state index in [0.717, 1.165) is 62.5 Å². The second-order valence-corrected chi connectivity index (χ2v) is 13.0. The summed E-state index contributed by atoms with van der Waals surface area (Å²) in [7, 11) is 0. The van der Waals surface area contributed by atoms with E-state index in [4.69, 9.17) is 0 Å². The first kappa shape index (κ1) is 32.9. The second-order valence-electron chi connectivity index (χ2n) is 13.0. The minimum atomic E-state index is -4.04. The van der Waals surface area contributed by atoms with Crippen LogP contribution in [0.3, 0.4) is 0 Å². The van der Waals surface area contributed by atoms with Crippen molar-refractivity contribution in [3.05, 3.63) is 100 Å². The highest BCUT2D eigenvalue weighted by molar-refractivity contribution is 5.90. The monoisotopic (exact) mass is 592 g/mol. The molecule has 4 rings (SSSR count). The molecule has 43 heavy (non-hydrogen) atoms. The first-order valence-corrected chi connectivity index (χ1v) is 16.1. The maximum Gasteiger partial charge on any atom is 0.391 e. The van der Waals surface area contributed by atoms with Crippen molar-refractivity contribution in [3.8, 4) is 0 Å². The SMILES string of the molecule is C=C\C(=C/C(=C\C=C\C)C1CC(CC2CCC(C(F)(F)F)CC2)C1)CC1=CCCCC(C2=C=C(C)C=CC(C(=O)O)=C2)C1. The predicted molar refractivity (Wildman–Crippen MR) is 169 cm³/mol. The normalized spacial score (nSPS) is 29.1. The van der Waals surface area contributed by atoms with Gasteiger partial charge in [-0.25, -0.2) is 4.79 Å². The molecule has 0 aromatic rings. The summed E-state index contributed by atoms with van der Waals surface area (Å²) >= 11 is 0. The van der Waals surface area contributed by atoms with E-state index in [1.165, 1.54) is 16.7 Å². The fourth-order valence-electron chi connectivity index (χ4n) is 7.24. The summed E-state index contributed by atoms with van der Waals surface area (Å²) in [6.07, 6.45) is 24.2. The number of carboxylic acids is 1. The first-order chi connectivity index (χ1) is 20.5. The Balaban J connectivity index is 1.39. The van der Waals surface area contributed by atoms with Crippen molar-refractivity contribution >= 4 is 5.97 Å². The quantitative estimate of drug-likeness (QED) is 0.156. The van der Waals surface area contributed by atoms with Gasteiger partial charge in [0.1, 0.15) is 0 Å². The molecule has 0 aliphatic heterocycles. The molecule has 0 heterocycles. The van der Waals surface area contributed by atoms with Crippen molar-refractivity contribution in [2.45, 2.75) is 97.1 Å². The largest absolute Gasteiger partial charge is 0.478 e. The van der Waals surface area contributed by atoms with Crippen LogP contribution in [0, 0.1) is 29.6 Å². The summed E-state index contributed by atoms with van der Waals surface area (Å²) in [6, 6.07) is 0. The summed E-state index contributed by atoms with van der Waals surface area (Å²) < 4.78 is 39.2. The lowest BCUT2D eigenvalue weighted by Gasteiger charge is -2.40. The van der Waals surface area contributed by atoms with Crippen LogP contribution in [0.2, 0.25) is 0 Å². The van der Waals surface area contributed by atoms with Gasteiger partial charge in [-0.15, -0.1) is 5.73 Å². The highest BCUT2D eigenvalue weighted by atomic mass is 19.4. The molecular weight excluding hydrogens is 545 g/mol. The van der Waals surface area contributed by atoms with E-state index in [9.17, 15) is 23.1 Å². The summed E-state index contributed by atoms with van der Waals surface area (Å²) in [5.41, 5.74) is 9.51. The molecule has 0 amide bonds. The Morgan fingerprint density at radius 2 is 1.86 bits per heavy atom. The van der Waals surface area contributed by atoms with Crippen LogP contribution < -0.4 is 0 Å². The topological polar surface area (TPSA) is 37.3 Å². The standard InChI is InChI=1S/C38H47F3O2/c1-4-6-10-31(35-23-30(24-35)20-28-13-16-36(17-14-28)38(39,40)41)21-27(5-2)19-29-9-7-8-11-32(22-29)34-18-26(3)12-15-33(25-34)37(42)43/h4-6,9-10,12,15,21,25,28,30,32,35-36H,2,7-8,11,13-14,16-17,19-20,22-24H2,1,3H3,(H,42,43)/b6-4+,27-21+,31-10+. The van der Waals surface area contributed by atoms with Crippen molar-refractivity contribution in [1.82, 2.24) is 0 Å². The van der Waals surface area contributed by atoms with E-state index in [1.807, 2.05) is 32.1 Å². The molecule has 232 valence electrons. The lowest BCUT2D eigenvalue weighted by molar-refractivity contribution is -0.184. The molecule has 0 aromatic heterocycles. The fourth-order valence-corrected chi connectivity index (χ4v) is 7.24. The molecule has 2 saturated carbocycles. The van der Waals surface area contributed by atoms with Gasteiger partial charge in [-0.2, -0.15) is 13.2 Å². The molecule has 5 heteroatoms. The van der Waals surface area contributed by atoms with Crippen LogP contribution in [0.5, 0.6) is 0 Å². The fraction of sp³-hybridized carbons (Fsp3) is 0.526. The van der Waals surface area contributed by atoms with Gasteiger partial charge >= 0.3 is 12.1 Å². The Morgan fingerprint density at radius 3 is 2.51 bits per heavy atom. The molecule has 0 radical (unpaired) electrons. The molecule has 0 saturated heterocycles. The molecule has 2 nitrogen and oxygen atoms in total. The van der Waals surface area contributed by atoms with Gasteiger partial charge in [0.2, 0.25) is 0 Å². The Bertz CT molecular complexity index is 1280. The molecule has 4 aliphatic carbocycles. The average Bonchev–Trinajstić information content (AvgIpc) is 3.30. The minimum absolute atomic E-state index is 0.223. The van der Waals surface area contributed by atoms with Gasteiger partial charge in [0.25, 0.3) is 0 Å². The average molecular weight is 593 g/mol. The van der Waals surface area contributed by atoms with Crippen molar-refractivity contribution < 1.29 is 23.1 Å². The molecule has 0 spiro atoms. The number of hydrogen-bond donors (Lipinski definition) is 1. The van der Waals surface area contributed by atoms with Crippen LogP contribution in [0.15, 0.2) is 100 Å². The van der Waals surface area contributed by atoms with Crippen molar-refractivity contribution in [2.24, 2.45) is 29.6 Å². The van der Waals surface area contributed by atoms with E-state index in [-0.39, 0.29) is 5.92 Å². The van der Waals surface area contributed by atoms with E-state index in [2.05, 4.69) is 36.6 Å². The van der Waals surface area contributed by atoms with Crippen LogP contribution in [0.4, 0.5) is 13.2 Å². The van der Waals surface area contributed by atoms with Gasteiger partial charge in [-0.05, 0) is 149 Å². The summed E-state index contributed by atoms with van der Waals surface area (Å²) in [4.78, 5) is 11.7. The molecule has 0 aromatic carbocycles. The molecule has 1 N–H and O–H groups in total. The number of alkyl halides is 3. The van der Waals surface area contributed by atoms with Crippen LogP contribution in [0.1, 0.15) is 90.9 Å².